The summed E-state index contributed by atoms with van der Waals surface area (Å²) >= 11 is 3.20. The maximum atomic E-state index is 11.1. The highest BCUT2D eigenvalue weighted by atomic mass is 79.9. The molecule has 2 rings (SSSR count). The van der Waals surface area contributed by atoms with Gasteiger partial charge < -0.3 is 14.2 Å². The van der Waals surface area contributed by atoms with E-state index in [0.717, 1.165) is 0 Å². The van der Waals surface area contributed by atoms with Gasteiger partial charge in [-0.15, -0.1) is 0 Å². The average Bonchev–Trinajstić information content (AvgIpc) is 2.48. The SMILES string of the molecule is COc1cccc(OC)c1Oc1ccc(Br)cc1[N+](=O)[O-]. The smallest absolute Gasteiger partial charge is 0.312 e. The van der Waals surface area contributed by atoms with Crippen LogP contribution in [0.3, 0.4) is 0 Å². The van der Waals surface area contributed by atoms with Crippen molar-refractivity contribution < 1.29 is 19.1 Å². The van der Waals surface area contributed by atoms with Crippen LogP contribution in [0.2, 0.25) is 0 Å². The van der Waals surface area contributed by atoms with E-state index in [9.17, 15) is 10.1 Å². The summed E-state index contributed by atoms with van der Waals surface area (Å²) < 4.78 is 16.6. The first-order valence-electron chi connectivity index (χ1n) is 5.89. The minimum Gasteiger partial charge on any atom is -0.493 e. The Hall–Kier alpha value is -2.28. The molecule has 0 heterocycles. The van der Waals surface area contributed by atoms with Crippen molar-refractivity contribution in [3.05, 3.63) is 51.0 Å². The Morgan fingerprint density at radius 2 is 1.67 bits per heavy atom. The largest absolute Gasteiger partial charge is 0.493 e. The maximum absolute atomic E-state index is 11.1. The van der Waals surface area contributed by atoms with Gasteiger partial charge in [0.2, 0.25) is 11.5 Å². The molecule has 0 aliphatic rings. The van der Waals surface area contributed by atoms with Crippen LogP contribution < -0.4 is 14.2 Å². The lowest BCUT2D eigenvalue weighted by Gasteiger charge is -2.13. The monoisotopic (exact) mass is 353 g/mol. The predicted molar refractivity (Wildman–Crippen MR) is 80.4 cm³/mol. The van der Waals surface area contributed by atoms with Crippen molar-refractivity contribution >= 4 is 21.6 Å². The molecule has 0 radical (unpaired) electrons. The lowest BCUT2D eigenvalue weighted by molar-refractivity contribution is -0.385. The van der Waals surface area contributed by atoms with Crippen LogP contribution >= 0.6 is 15.9 Å². The zero-order valence-corrected chi connectivity index (χ0v) is 12.9. The highest BCUT2D eigenvalue weighted by molar-refractivity contribution is 9.10. The topological polar surface area (TPSA) is 70.8 Å². The van der Waals surface area contributed by atoms with Gasteiger partial charge in [-0.2, -0.15) is 0 Å². The zero-order chi connectivity index (χ0) is 15.4. The number of nitro benzene ring substituents is 1. The van der Waals surface area contributed by atoms with E-state index >= 15 is 0 Å². The molecule has 0 saturated heterocycles. The second kappa shape index (κ2) is 6.45. The van der Waals surface area contributed by atoms with E-state index in [1.165, 1.54) is 26.4 Å². The number of rotatable bonds is 5. The third kappa shape index (κ3) is 3.25. The number of benzene rings is 2. The first-order chi connectivity index (χ1) is 10.1. The van der Waals surface area contributed by atoms with Gasteiger partial charge in [0.05, 0.1) is 19.1 Å². The van der Waals surface area contributed by atoms with Crippen molar-refractivity contribution in [1.82, 2.24) is 0 Å². The van der Waals surface area contributed by atoms with Gasteiger partial charge in [-0.1, -0.05) is 22.0 Å². The Labute approximate surface area is 129 Å². The number of para-hydroxylation sites is 1. The molecule has 0 aliphatic carbocycles. The Morgan fingerprint density at radius 1 is 1.05 bits per heavy atom. The molecule has 0 N–H and O–H groups in total. The summed E-state index contributed by atoms with van der Waals surface area (Å²) in [4.78, 5) is 10.6. The van der Waals surface area contributed by atoms with Crippen molar-refractivity contribution in [2.45, 2.75) is 0 Å². The lowest BCUT2D eigenvalue weighted by atomic mass is 10.2. The second-order valence-electron chi connectivity index (χ2n) is 3.96. The second-order valence-corrected chi connectivity index (χ2v) is 4.88. The van der Waals surface area contributed by atoms with E-state index in [1.54, 1.807) is 24.3 Å². The van der Waals surface area contributed by atoms with E-state index in [0.29, 0.717) is 16.0 Å². The minimum atomic E-state index is -0.512. The average molecular weight is 354 g/mol. The first-order valence-corrected chi connectivity index (χ1v) is 6.69. The summed E-state index contributed by atoms with van der Waals surface area (Å²) in [6.45, 7) is 0. The number of nitrogens with zero attached hydrogens (tertiary/aromatic N) is 1. The summed E-state index contributed by atoms with van der Waals surface area (Å²) in [6, 6.07) is 9.64. The molecule has 0 bridgehead atoms. The molecule has 0 unspecified atom stereocenters. The molecule has 2 aromatic rings. The molecule has 6 nitrogen and oxygen atoms in total. The first kappa shape index (κ1) is 15.1. The molecular formula is C14H12BrNO5. The standard InChI is InChI=1S/C14H12BrNO5/c1-19-12-4-3-5-13(20-2)14(12)21-11-7-6-9(15)8-10(11)16(17)18/h3-8H,1-2H3. The Kier molecular flexibility index (Phi) is 4.64. The Balaban J connectivity index is 2.50. The fourth-order valence-electron chi connectivity index (χ4n) is 1.75. The maximum Gasteiger partial charge on any atom is 0.312 e. The number of hydrogen-bond acceptors (Lipinski definition) is 5. The van der Waals surface area contributed by atoms with Crippen molar-refractivity contribution in [2.75, 3.05) is 14.2 Å². The van der Waals surface area contributed by atoms with Crippen LogP contribution in [0.5, 0.6) is 23.0 Å². The van der Waals surface area contributed by atoms with Crippen LogP contribution in [0.15, 0.2) is 40.9 Å². The van der Waals surface area contributed by atoms with Gasteiger partial charge in [-0.3, -0.25) is 10.1 Å². The van der Waals surface area contributed by atoms with Crippen LogP contribution in [-0.4, -0.2) is 19.1 Å². The number of methoxy groups -OCH3 is 2. The molecule has 0 fully saturated rings. The van der Waals surface area contributed by atoms with E-state index in [4.69, 9.17) is 14.2 Å². The number of ether oxygens (including phenoxy) is 3. The molecule has 0 amide bonds. The van der Waals surface area contributed by atoms with Crippen LogP contribution in [0.1, 0.15) is 0 Å². The van der Waals surface area contributed by atoms with Crippen molar-refractivity contribution in [1.29, 1.82) is 0 Å². The van der Waals surface area contributed by atoms with Gasteiger partial charge in [0.15, 0.2) is 11.5 Å². The van der Waals surface area contributed by atoms with Gasteiger partial charge in [-0.25, -0.2) is 0 Å². The molecule has 0 aliphatic heterocycles. The fourth-order valence-corrected chi connectivity index (χ4v) is 2.10. The van der Waals surface area contributed by atoms with Gasteiger partial charge in [-0.05, 0) is 24.3 Å². The summed E-state index contributed by atoms with van der Waals surface area (Å²) in [5.74, 6) is 1.23. The summed E-state index contributed by atoms with van der Waals surface area (Å²) in [5, 5.41) is 11.1. The van der Waals surface area contributed by atoms with Crippen molar-refractivity contribution in [2.24, 2.45) is 0 Å². The number of halogens is 1. The molecule has 0 atom stereocenters. The molecule has 7 heteroatoms. The third-order valence-electron chi connectivity index (χ3n) is 2.71. The third-order valence-corrected chi connectivity index (χ3v) is 3.21. The van der Waals surface area contributed by atoms with Gasteiger partial charge >= 0.3 is 5.69 Å². The lowest BCUT2D eigenvalue weighted by Crippen LogP contribution is -1.97. The van der Waals surface area contributed by atoms with Crippen LogP contribution in [-0.2, 0) is 0 Å². The van der Waals surface area contributed by atoms with E-state index in [1.807, 2.05) is 0 Å². The molecule has 0 saturated carbocycles. The van der Waals surface area contributed by atoms with Gasteiger partial charge in [0.25, 0.3) is 0 Å². The van der Waals surface area contributed by atoms with E-state index in [2.05, 4.69) is 15.9 Å². The Bertz CT molecular complexity index is 652. The molecular weight excluding hydrogens is 342 g/mol. The summed E-state index contributed by atoms with van der Waals surface area (Å²) in [5.41, 5.74) is -0.155. The van der Waals surface area contributed by atoms with Crippen molar-refractivity contribution in [3.63, 3.8) is 0 Å². The summed E-state index contributed by atoms with van der Waals surface area (Å²) in [6.07, 6.45) is 0. The van der Waals surface area contributed by atoms with Crippen LogP contribution in [0, 0.1) is 10.1 Å². The molecule has 110 valence electrons. The van der Waals surface area contributed by atoms with Crippen LogP contribution in [0.25, 0.3) is 0 Å². The fraction of sp³-hybridized carbons (Fsp3) is 0.143. The highest BCUT2D eigenvalue weighted by Gasteiger charge is 2.20. The molecule has 0 aromatic heterocycles. The van der Waals surface area contributed by atoms with Crippen molar-refractivity contribution in [3.8, 4) is 23.0 Å². The van der Waals surface area contributed by atoms with E-state index in [-0.39, 0.29) is 17.2 Å². The molecule has 0 spiro atoms. The minimum absolute atomic E-state index is 0.103. The Morgan fingerprint density at radius 3 is 2.19 bits per heavy atom. The normalized spacial score (nSPS) is 10.0. The highest BCUT2D eigenvalue weighted by Crippen LogP contribution is 2.42. The van der Waals surface area contributed by atoms with Gasteiger partial charge in [0, 0.05) is 10.5 Å². The molecule has 21 heavy (non-hydrogen) atoms. The van der Waals surface area contributed by atoms with E-state index < -0.39 is 4.92 Å². The quantitative estimate of drug-likeness (QED) is 0.595. The summed E-state index contributed by atoms with van der Waals surface area (Å²) in [7, 11) is 2.97. The number of nitro groups is 1. The van der Waals surface area contributed by atoms with Gasteiger partial charge in [0.1, 0.15) is 0 Å². The van der Waals surface area contributed by atoms with Crippen LogP contribution in [0.4, 0.5) is 5.69 Å². The number of hydrogen-bond donors (Lipinski definition) is 0. The zero-order valence-electron chi connectivity index (χ0n) is 11.3. The predicted octanol–water partition coefficient (Wildman–Crippen LogP) is 4.17. The molecule has 2 aromatic carbocycles.